The Morgan fingerprint density at radius 2 is 2.12 bits per heavy atom. The van der Waals surface area contributed by atoms with E-state index in [2.05, 4.69) is 20.3 Å². The molecule has 17 heavy (non-hydrogen) atoms. The SMILES string of the molecule is CCCCn1c(=O)[nH]c(=O)c2[nH]c(NC)nc21. The molecule has 0 saturated carbocycles. The zero-order valence-electron chi connectivity index (χ0n) is 9.83. The van der Waals surface area contributed by atoms with E-state index in [0.717, 1.165) is 12.8 Å². The number of aromatic nitrogens is 4. The fraction of sp³-hybridized carbons (Fsp3) is 0.500. The second-order valence-corrected chi connectivity index (χ2v) is 3.80. The third kappa shape index (κ3) is 1.95. The average molecular weight is 237 g/mol. The quantitative estimate of drug-likeness (QED) is 0.710. The highest BCUT2D eigenvalue weighted by molar-refractivity contribution is 5.72. The van der Waals surface area contributed by atoms with E-state index >= 15 is 0 Å². The molecule has 92 valence electrons. The van der Waals surface area contributed by atoms with Crippen LogP contribution in [-0.2, 0) is 6.54 Å². The van der Waals surface area contributed by atoms with E-state index in [-0.39, 0.29) is 0 Å². The van der Waals surface area contributed by atoms with Crippen LogP contribution < -0.4 is 16.6 Å². The first-order valence-electron chi connectivity index (χ1n) is 5.58. The summed E-state index contributed by atoms with van der Waals surface area (Å²) in [5, 5.41) is 2.81. The van der Waals surface area contributed by atoms with Crippen molar-refractivity contribution in [1.82, 2.24) is 19.5 Å². The van der Waals surface area contributed by atoms with Crippen LogP contribution in [0.2, 0.25) is 0 Å². The molecule has 7 heteroatoms. The standard InChI is InChI=1S/C10H15N5O2/c1-3-4-5-15-7-6(8(16)14-10(15)17)12-9(11-2)13-7/h3-5H2,1-2H3,(H2,11,12,13)(H,14,16,17). The van der Waals surface area contributed by atoms with E-state index in [4.69, 9.17) is 0 Å². The number of hydrogen-bond donors (Lipinski definition) is 3. The van der Waals surface area contributed by atoms with E-state index in [1.165, 1.54) is 4.57 Å². The summed E-state index contributed by atoms with van der Waals surface area (Å²) in [6, 6.07) is 0. The highest BCUT2D eigenvalue weighted by Crippen LogP contribution is 2.08. The maximum Gasteiger partial charge on any atom is 0.330 e. The monoisotopic (exact) mass is 237 g/mol. The number of rotatable bonds is 4. The number of aromatic amines is 2. The number of nitrogens with zero attached hydrogens (tertiary/aromatic N) is 2. The van der Waals surface area contributed by atoms with Crippen LogP contribution in [0.1, 0.15) is 19.8 Å². The Kier molecular flexibility index (Phi) is 2.99. The molecule has 7 nitrogen and oxygen atoms in total. The third-order valence-electron chi connectivity index (χ3n) is 2.61. The molecule has 2 aromatic rings. The fourth-order valence-electron chi connectivity index (χ4n) is 1.68. The van der Waals surface area contributed by atoms with Gasteiger partial charge in [-0.05, 0) is 6.42 Å². The number of H-pyrrole nitrogens is 2. The molecule has 2 rings (SSSR count). The van der Waals surface area contributed by atoms with Crippen LogP contribution in [0.25, 0.3) is 11.2 Å². The Balaban J connectivity index is 2.68. The molecule has 0 aromatic carbocycles. The molecule has 0 unspecified atom stereocenters. The van der Waals surface area contributed by atoms with E-state index in [1.54, 1.807) is 7.05 Å². The van der Waals surface area contributed by atoms with Gasteiger partial charge in [-0.25, -0.2) is 4.79 Å². The first kappa shape index (κ1) is 11.4. The molecule has 0 aliphatic carbocycles. The van der Waals surface area contributed by atoms with Gasteiger partial charge in [0.1, 0.15) is 0 Å². The van der Waals surface area contributed by atoms with Gasteiger partial charge in [-0.3, -0.25) is 14.3 Å². The van der Waals surface area contributed by atoms with Crippen molar-refractivity contribution < 1.29 is 0 Å². The fourth-order valence-corrected chi connectivity index (χ4v) is 1.68. The predicted molar refractivity (Wildman–Crippen MR) is 65.4 cm³/mol. The van der Waals surface area contributed by atoms with Gasteiger partial charge in [0.05, 0.1) is 0 Å². The topological polar surface area (TPSA) is 95.6 Å². The van der Waals surface area contributed by atoms with Crippen LogP contribution >= 0.6 is 0 Å². The van der Waals surface area contributed by atoms with E-state index in [0.29, 0.717) is 23.7 Å². The van der Waals surface area contributed by atoms with Gasteiger partial charge in [-0.2, -0.15) is 4.98 Å². The zero-order valence-corrected chi connectivity index (χ0v) is 9.83. The summed E-state index contributed by atoms with van der Waals surface area (Å²) in [5.41, 5.74) is -0.126. The van der Waals surface area contributed by atoms with Gasteiger partial charge in [0.2, 0.25) is 5.95 Å². The molecular weight excluding hydrogens is 222 g/mol. The second-order valence-electron chi connectivity index (χ2n) is 3.80. The molecule has 2 heterocycles. The molecule has 0 aliphatic rings. The van der Waals surface area contributed by atoms with Crippen molar-refractivity contribution in [3.63, 3.8) is 0 Å². The lowest BCUT2D eigenvalue weighted by atomic mass is 10.3. The lowest BCUT2D eigenvalue weighted by Crippen LogP contribution is -2.30. The minimum atomic E-state index is -0.438. The smallest absolute Gasteiger partial charge is 0.330 e. The number of imidazole rings is 1. The van der Waals surface area contributed by atoms with Gasteiger partial charge >= 0.3 is 5.69 Å². The molecule has 0 amide bonds. The maximum atomic E-state index is 11.7. The number of anilines is 1. The minimum Gasteiger partial charge on any atom is -0.359 e. The Morgan fingerprint density at radius 1 is 1.35 bits per heavy atom. The summed E-state index contributed by atoms with van der Waals surface area (Å²) in [6.45, 7) is 2.59. The molecule has 0 radical (unpaired) electrons. The molecular formula is C10H15N5O2. The molecule has 0 saturated heterocycles. The zero-order chi connectivity index (χ0) is 12.4. The molecule has 0 fully saturated rings. The van der Waals surface area contributed by atoms with E-state index in [9.17, 15) is 9.59 Å². The van der Waals surface area contributed by atoms with Crippen LogP contribution in [0.15, 0.2) is 9.59 Å². The first-order chi connectivity index (χ1) is 8.17. The number of fused-ring (bicyclic) bond motifs is 1. The van der Waals surface area contributed by atoms with E-state index in [1.807, 2.05) is 6.92 Å². The number of aryl methyl sites for hydroxylation is 1. The van der Waals surface area contributed by atoms with Crippen LogP contribution in [0.5, 0.6) is 0 Å². The summed E-state index contributed by atoms with van der Waals surface area (Å²) in [7, 11) is 1.69. The highest BCUT2D eigenvalue weighted by Gasteiger charge is 2.11. The van der Waals surface area contributed by atoms with Crippen LogP contribution in [-0.4, -0.2) is 26.6 Å². The van der Waals surface area contributed by atoms with Gasteiger partial charge in [0.15, 0.2) is 11.2 Å². The lowest BCUT2D eigenvalue weighted by molar-refractivity contribution is 0.613. The Hall–Kier alpha value is -2.05. The number of unbranched alkanes of at least 4 members (excludes halogenated alkanes) is 1. The van der Waals surface area contributed by atoms with Crippen molar-refractivity contribution >= 4 is 17.1 Å². The van der Waals surface area contributed by atoms with Gasteiger partial charge in [-0.15, -0.1) is 0 Å². The van der Waals surface area contributed by atoms with Crippen molar-refractivity contribution in [3.05, 3.63) is 20.8 Å². The van der Waals surface area contributed by atoms with Gasteiger partial charge in [0.25, 0.3) is 5.56 Å². The number of hydrogen-bond acceptors (Lipinski definition) is 4. The second kappa shape index (κ2) is 4.44. The normalized spacial score (nSPS) is 10.9. The largest absolute Gasteiger partial charge is 0.359 e. The van der Waals surface area contributed by atoms with Gasteiger partial charge in [-0.1, -0.05) is 13.3 Å². The van der Waals surface area contributed by atoms with Crippen molar-refractivity contribution in [3.8, 4) is 0 Å². The summed E-state index contributed by atoms with van der Waals surface area (Å²) in [4.78, 5) is 32.6. The molecule has 3 N–H and O–H groups in total. The van der Waals surface area contributed by atoms with Crippen molar-refractivity contribution in [2.24, 2.45) is 0 Å². The van der Waals surface area contributed by atoms with E-state index < -0.39 is 11.2 Å². The van der Waals surface area contributed by atoms with Gasteiger partial charge in [0, 0.05) is 13.6 Å². The van der Waals surface area contributed by atoms with Crippen LogP contribution in [0.3, 0.4) is 0 Å². The summed E-state index contributed by atoms with van der Waals surface area (Å²) in [6.07, 6.45) is 1.83. The van der Waals surface area contributed by atoms with Crippen LogP contribution in [0, 0.1) is 0 Å². The molecule has 0 bridgehead atoms. The lowest BCUT2D eigenvalue weighted by Gasteiger charge is -2.03. The van der Waals surface area contributed by atoms with Crippen LogP contribution in [0.4, 0.5) is 5.95 Å². The van der Waals surface area contributed by atoms with Crippen molar-refractivity contribution in [2.45, 2.75) is 26.3 Å². The molecule has 0 spiro atoms. The van der Waals surface area contributed by atoms with Gasteiger partial charge < -0.3 is 10.3 Å². The average Bonchev–Trinajstić information content (AvgIpc) is 2.73. The van der Waals surface area contributed by atoms with Crippen molar-refractivity contribution in [2.75, 3.05) is 12.4 Å². The summed E-state index contributed by atoms with van der Waals surface area (Å²) in [5.74, 6) is 0.473. The Bertz CT molecular complexity index is 636. The predicted octanol–water partition coefficient (Wildman–Crippen LogP) is 0.255. The molecule has 0 atom stereocenters. The first-order valence-corrected chi connectivity index (χ1v) is 5.58. The summed E-state index contributed by atoms with van der Waals surface area (Å²) < 4.78 is 1.48. The molecule has 0 aliphatic heterocycles. The number of nitrogens with one attached hydrogen (secondary N) is 3. The van der Waals surface area contributed by atoms with Crippen molar-refractivity contribution in [1.29, 1.82) is 0 Å². The highest BCUT2D eigenvalue weighted by atomic mass is 16.2. The minimum absolute atomic E-state index is 0.324. The maximum absolute atomic E-state index is 11.7. The molecule has 2 aromatic heterocycles. The third-order valence-corrected chi connectivity index (χ3v) is 2.61. The summed E-state index contributed by atoms with van der Waals surface area (Å²) >= 11 is 0. The Morgan fingerprint density at radius 3 is 2.76 bits per heavy atom. The Labute approximate surface area is 96.9 Å².